The number of nitrogens with one attached hydrogen (secondary N) is 1. The first-order chi connectivity index (χ1) is 19.5. The Kier molecular flexibility index (Phi) is 6.43. The molecule has 12 nitrogen and oxygen atoms in total. The summed E-state index contributed by atoms with van der Waals surface area (Å²) in [5.41, 5.74) is 7.78. The maximum atomic E-state index is 14.5. The molecule has 218 valence electrons. The number of hydrogen-bond acceptors (Lipinski definition) is 8. The number of nitrogen functional groups attached to an aromatic ring is 1. The highest BCUT2D eigenvalue weighted by molar-refractivity contribution is 5.98. The van der Waals surface area contributed by atoms with Crippen LogP contribution in [0.15, 0.2) is 24.7 Å². The first-order valence-electron chi connectivity index (χ1n) is 13.2. The van der Waals surface area contributed by atoms with Gasteiger partial charge >= 0.3 is 6.09 Å². The van der Waals surface area contributed by atoms with Crippen molar-refractivity contribution < 1.29 is 32.6 Å². The maximum absolute atomic E-state index is 14.5. The minimum Gasteiger partial charge on any atom is -0.480 e. The van der Waals surface area contributed by atoms with Crippen molar-refractivity contribution in [1.82, 2.24) is 34.7 Å². The van der Waals surface area contributed by atoms with E-state index in [1.165, 1.54) is 25.7 Å². The highest BCUT2D eigenvalue weighted by atomic mass is 19.3. The zero-order valence-electron chi connectivity index (χ0n) is 22.2. The van der Waals surface area contributed by atoms with E-state index >= 15 is 0 Å². The number of aromatic nitrogens is 4. The van der Waals surface area contributed by atoms with Crippen LogP contribution in [0.3, 0.4) is 0 Å². The molecule has 3 aromatic rings. The molecule has 0 unspecified atom stereocenters. The number of carboxylic acid groups (broad SMARTS) is 1. The number of hydrogen-bond donors (Lipinski definition) is 3. The van der Waals surface area contributed by atoms with Crippen molar-refractivity contribution in [3.63, 3.8) is 0 Å². The molecule has 2 amide bonds. The normalized spacial score (nSPS) is 23.2. The number of carbonyl (C=O) groups is 2. The van der Waals surface area contributed by atoms with Gasteiger partial charge in [-0.15, -0.1) is 0 Å². The molecule has 3 aliphatic rings. The largest absolute Gasteiger partial charge is 0.480 e. The fraction of sp³-hybridized carbons (Fsp3) is 0.500. The molecule has 0 bridgehead atoms. The summed E-state index contributed by atoms with van der Waals surface area (Å²) < 4.78 is 49.0. The smallest absolute Gasteiger partial charge is 0.407 e. The third-order valence-electron chi connectivity index (χ3n) is 8.50. The Hall–Kier alpha value is -4.14. The van der Waals surface area contributed by atoms with Gasteiger partial charge in [-0.25, -0.2) is 32.4 Å². The summed E-state index contributed by atoms with van der Waals surface area (Å²) in [5, 5.41) is 16.1. The molecule has 6 rings (SSSR count). The SMILES string of the molecule is COc1ncc(-c2cc(CN3CCC4(CC3)CC4(F)F)c3c(N)ncnn23)cc1C(=O)N[C@@H]1CN(C(=O)O)C[C@@H]1F. The Morgan fingerprint density at radius 2 is 1.95 bits per heavy atom. The quantitative estimate of drug-likeness (QED) is 0.403. The molecule has 1 aliphatic carbocycles. The lowest BCUT2D eigenvalue weighted by Gasteiger charge is -2.32. The Labute approximate surface area is 232 Å². The van der Waals surface area contributed by atoms with Crippen molar-refractivity contribution in [3.8, 4) is 17.1 Å². The topological polar surface area (TPSA) is 151 Å². The summed E-state index contributed by atoms with van der Waals surface area (Å²) in [5.74, 6) is -3.01. The van der Waals surface area contributed by atoms with E-state index in [2.05, 4.69) is 25.3 Å². The van der Waals surface area contributed by atoms with Crippen LogP contribution in [0.5, 0.6) is 5.88 Å². The number of nitrogens with two attached hydrogens (primary N) is 1. The summed E-state index contributed by atoms with van der Waals surface area (Å²) >= 11 is 0. The molecule has 3 aromatic heterocycles. The number of halogens is 3. The molecule has 1 saturated carbocycles. The van der Waals surface area contributed by atoms with Crippen LogP contribution in [0, 0.1) is 5.41 Å². The minimum atomic E-state index is -2.57. The summed E-state index contributed by atoms with van der Waals surface area (Å²) in [6.07, 6.45) is 0.780. The summed E-state index contributed by atoms with van der Waals surface area (Å²) in [6.45, 7) is 0.978. The van der Waals surface area contributed by atoms with E-state index in [-0.39, 0.29) is 36.8 Å². The van der Waals surface area contributed by atoms with Crippen molar-refractivity contribution in [2.45, 2.75) is 43.9 Å². The molecular weight excluding hydrogens is 545 g/mol. The highest BCUT2D eigenvalue weighted by Gasteiger charge is 2.70. The zero-order chi connectivity index (χ0) is 29.1. The van der Waals surface area contributed by atoms with Gasteiger partial charge in [-0.1, -0.05) is 0 Å². The number of carbonyl (C=O) groups excluding carboxylic acids is 1. The van der Waals surface area contributed by atoms with Gasteiger partial charge in [0.15, 0.2) is 5.82 Å². The lowest BCUT2D eigenvalue weighted by molar-refractivity contribution is 0.0300. The van der Waals surface area contributed by atoms with Crippen LogP contribution >= 0.6 is 0 Å². The lowest BCUT2D eigenvalue weighted by Crippen LogP contribution is -2.41. The van der Waals surface area contributed by atoms with E-state index in [4.69, 9.17) is 15.6 Å². The molecule has 2 atom stereocenters. The Balaban J connectivity index is 1.28. The molecule has 41 heavy (non-hydrogen) atoms. The average Bonchev–Trinajstić information content (AvgIpc) is 3.21. The molecule has 15 heteroatoms. The van der Waals surface area contributed by atoms with Gasteiger partial charge in [0.1, 0.15) is 23.6 Å². The van der Waals surface area contributed by atoms with Crippen LogP contribution in [0.4, 0.5) is 23.8 Å². The average molecular weight is 575 g/mol. The number of methoxy groups -OCH3 is 1. The van der Waals surface area contributed by atoms with Gasteiger partial charge in [0.25, 0.3) is 11.8 Å². The highest BCUT2D eigenvalue weighted by Crippen LogP contribution is 2.65. The van der Waals surface area contributed by atoms with Gasteiger partial charge in [0, 0.05) is 36.7 Å². The van der Waals surface area contributed by atoms with Crippen molar-refractivity contribution in [2.75, 3.05) is 39.0 Å². The van der Waals surface area contributed by atoms with E-state index < -0.39 is 35.6 Å². The molecule has 5 heterocycles. The molecule has 0 radical (unpaired) electrons. The summed E-state index contributed by atoms with van der Waals surface area (Å²) in [7, 11) is 1.34. The number of nitrogens with zero attached hydrogens (tertiary/aromatic N) is 6. The number of fused-ring (bicyclic) bond motifs is 1. The number of alkyl halides is 3. The van der Waals surface area contributed by atoms with Crippen molar-refractivity contribution in [1.29, 1.82) is 0 Å². The van der Waals surface area contributed by atoms with Crippen LogP contribution in [-0.2, 0) is 6.54 Å². The second-order valence-electron chi connectivity index (χ2n) is 11.0. The van der Waals surface area contributed by atoms with Gasteiger partial charge in [-0.2, -0.15) is 5.10 Å². The first kappa shape index (κ1) is 27.1. The van der Waals surface area contributed by atoms with Crippen LogP contribution in [0.1, 0.15) is 35.2 Å². The van der Waals surface area contributed by atoms with Crippen LogP contribution in [0.25, 0.3) is 16.8 Å². The molecule has 2 saturated heterocycles. The number of amides is 2. The van der Waals surface area contributed by atoms with Crippen molar-refractivity contribution in [2.24, 2.45) is 5.41 Å². The van der Waals surface area contributed by atoms with Gasteiger partial charge in [-0.05, 0) is 43.6 Å². The minimum absolute atomic E-state index is 0.00379. The third-order valence-corrected chi connectivity index (χ3v) is 8.50. The molecule has 2 aliphatic heterocycles. The number of ether oxygens (including phenoxy) is 1. The second kappa shape index (κ2) is 9.75. The van der Waals surface area contributed by atoms with Gasteiger partial charge < -0.3 is 25.8 Å². The predicted octanol–water partition coefficient (Wildman–Crippen LogP) is 2.43. The molecular formula is C26H29F3N8O4. The molecule has 4 N–H and O–H groups in total. The molecule has 0 aromatic carbocycles. The Morgan fingerprint density at radius 1 is 1.22 bits per heavy atom. The monoisotopic (exact) mass is 574 g/mol. The van der Waals surface area contributed by atoms with Crippen LogP contribution < -0.4 is 15.8 Å². The number of likely N-dealkylation sites (tertiary alicyclic amines) is 2. The Morgan fingerprint density at radius 3 is 2.59 bits per heavy atom. The fourth-order valence-corrected chi connectivity index (χ4v) is 5.99. The van der Waals surface area contributed by atoms with Crippen LogP contribution in [0.2, 0.25) is 0 Å². The van der Waals surface area contributed by atoms with Crippen molar-refractivity contribution in [3.05, 3.63) is 35.8 Å². The van der Waals surface area contributed by atoms with E-state index in [0.717, 1.165) is 10.5 Å². The maximum Gasteiger partial charge on any atom is 0.407 e. The van der Waals surface area contributed by atoms with Gasteiger partial charge in [0.05, 0.1) is 25.4 Å². The number of piperidine rings is 1. The number of rotatable bonds is 6. The van der Waals surface area contributed by atoms with Crippen LogP contribution in [-0.4, -0.2) is 97.9 Å². The second-order valence-corrected chi connectivity index (χ2v) is 11.0. The van der Waals surface area contributed by atoms with E-state index in [1.807, 2.05) is 6.07 Å². The van der Waals surface area contributed by atoms with E-state index in [0.29, 0.717) is 49.2 Å². The standard InChI is InChI=1S/C26H29F3N8O4/c1-41-23-16(22(38)34-18-11-36(24(39)40)10-17(18)27)6-14(8-31-23)19-7-15(20-21(30)32-13-33-37(19)20)9-35-4-2-25(3-5-35)12-26(25,28)29/h6-8,13,17-18H,2-5,9-12H2,1H3,(H,34,38)(H,39,40)(H2,30,32,33)/t17-,18+/m0/s1. The summed E-state index contributed by atoms with van der Waals surface area (Å²) in [4.78, 5) is 35.8. The molecule has 1 spiro atoms. The van der Waals surface area contributed by atoms with Gasteiger partial charge in [0.2, 0.25) is 5.88 Å². The lowest BCUT2D eigenvalue weighted by atomic mass is 9.92. The third kappa shape index (κ3) is 4.67. The predicted molar refractivity (Wildman–Crippen MR) is 139 cm³/mol. The Bertz CT molecular complexity index is 1520. The zero-order valence-corrected chi connectivity index (χ0v) is 22.2. The number of anilines is 1. The van der Waals surface area contributed by atoms with Gasteiger partial charge in [-0.3, -0.25) is 9.69 Å². The van der Waals surface area contributed by atoms with E-state index in [1.54, 1.807) is 4.52 Å². The summed E-state index contributed by atoms with van der Waals surface area (Å²) in [6, 6.07) is 2.35. The fourth-order valence-electron chi connectivity index (χ4n) is 5.99. The first-order valence-corrected chi connectivity index (χ1v) is 13.2. The van der Waals surface area contributed by atoms with Crippen molar-refractivity contribution >= 4 is 23.3 Å². The number of pyridine rings is 1. The van der Waals surface area contributed by atoms with E-state index in [9.17, 15) is 22.8 Å². The molecule has 3 fully saturated rings.